The van der Waals surface area contributed by atoms with Gasteiger partial charge in [0.05, 0.1) is 42.4 Å². The second-order valence-corrected chi connectivity index (χ2v) is 18.9. The number of ether oxygens (including phenoxy) is 4. The number of piperazine rings is 1. The summed E-state index contributed by atoms with van der Waals surface area (Å²) in [6.45, 7) is 9.66. The summed E-state index contributed by atoms with van der Waals surface area (Å²) < 4.78 is 67.1. The first-order valence-corrected chi connectivity index (χ1v) is 21.8. The van der Waals surface area contributed by atoms with Crippen molar-refractivity contribution in [1.29, 1.82) is 0 Å². The molecule has 15 heteroatoms. The topological polar surface area (TPSA) is 144 Å². The molecule has 3 saturated heterocycles. The molecular formula is C41H56ClFN4O8S. The number of benzene rings is 2. The molecule has 0 amide bonds. The number of allylic oxidation sites excluding steroid dienone is 1. The van der Waals surface area contributed by atoms with E-state index in [4.69, 9.17) is 35.7 Å². The number of aromatic carboxylic acids is 1. The highest BCUT2D eigenvalue weighted by Gasteiger charge is 2.53. The van der Waals surface area contributed by atoms with Gasteiger partial charge in [-0.2, -0.15) is 0 Å². The average Bonchev–Trinajstić information content (AvgIpc) is 3.59. The molecule has 5 aliphatic rings. The predicted octanol–water partition coefficient (Wildman–Crippen LogP) is 4.87. The number of sulfonamides is 1. The van der Waals surface area contributed by atoms with E-state index in [1.54, 1.807) is 32.0 Å². The number of carboxylic acids is 1. The van der Waals surface area contributed by atoms with Crippen molar-refractivity contribution in [2.45, 2.75) is 74.4 Å². The summed E-state index contributed by atoms with van der Waals surface area (Å²) in [5, 5.41) is 15.3. The molecule has 56 heavy (non-hydrogen) atoms. The number of carboxylic acid groups (broad SMARTS) is 1. The minimum Gasteiger partial charge on any atom is -0.490 e. The molecule has 0 saturated carbocycles. The number of aryl methyl sites for hydroxylation is 1. The van der Waals surface area contributed by atoms with Crippen LogP contribution in [0, 0.1) is 11.8 Å². The summed E-state index contributed by atoms with van der Waals surface area (Å²) in [5.41, 5.74) is 1.26. The Morgan fingerprint density at radius 1 is 1.20 bits per heavy atom. The minimum atomic E-state index is -3.83. The van der Waals surface area contributed by atoms with Gasteiger partial charge in [0.2, 0.25) is 10.0 Å². The van der Waals surface area contributed by atoms with Crippen LogP contribution in [0.25, 0.3) is 0 Å². The Morgan fingerprint density at radius 2 is 2.02 bits per heavy atom. The van der Waals surface area contributed by atoms with E-state index in [2.05, 4.69) is 20.8 Å². The van der Waals surface area contributed by atoms with Crippen molar-refractivity contribution >= 4 is 33.3 Å². The summed E-state index contributed by atoms with van der Waals surface area (Å²) in [4.78, 5) is 19.2. The van der Waals surface area contributed by atoms with Crippen molar-refractivity contribution in [2.75, 3.05) is 84.3 Å². The number of carbonyl (C=O) groups is 1. The molecule has 3 N–H and O–H groups in total. The van der Waals surface area contributed by atoms with E-state index in [0.29, 0.717) is 75.5 Å². The van der Waals surface area contributed by atoms with Gasteiger partial charge in [-0.3, -0.25) is 9.80 Å². The molecule has 308 valence electrons. The first-order valence-electron chi connectivity index (χ1n) is 19.9. The molecule has 2 aromatic rings. The Bertz CT molecular complexity index is 1900. The van der Waals surface area contributed by atoms with Crippen LogP contribution in [0.3, 0.4) is 0 Å². The molecule has 0 bridgehead atoms. The largest absolute Gasteiger partial charge is 0.490 e. The summed E-state index contributed by atoms with van der Waals surface area (Å²) >= 11 is 6.47. The second-order valence-electron chi connectivity index (χ2n) is 16.6. The molecule has 12 nitrogen and oxygen atoms in total. The molecule has 1 unspecified atom stereocenters. The predicted molar refractivity (Wildman–Crippen MR) is 213 cm³/mol. The van der Waals surface area contributed by atoms with Crippen LogP contribution >= 0.6 is 11.6 Å². The van der Waals surface area contributed by atoms with Gasteiger partial charge in [-0.15, -0.1) is 0 Å². The van der Waals surface area contributed by atoms with Gasteiger partial charge < -0.3 is 29.0 Å². The highest BCUT2D eigenvalue weighted by atomic mass is 35.5. The van der Waals surface area contributed by atoms with Gasteiger partial charge in [-0.1, -0.05) is 24.6 Å². The van der Waals surface area contributed by atoms with Crippen molar-refractivity contribution in [3.8, 4) is 5.75 Å². The van der Waals surface area contributed by atoms with Gasteiger partial charge in [0.15, 0.2) is 5.60 Å². The van der Waals surface area contributed by atoms with Gasteiger partial charge >= 0.3 is 5.97 Å². The fraction of sp³-hybridized carbons (Fsp3) is 0.634. The van der Waals surface area contributed by atoms with Gasteiger partial charge in [0.25, 0.3) is 0 Å². The molecule has 3 fully saturated rings. The quantitative estimate of drug-likeness (QED) is 0.303. The van der Waals surface area contributed by atoms with E-state index >= 15 is 4.39 Å². The van der Waals surface area contributed by atoms with Crippen LogP contribution in [0.15, 0.2) is 48.3 Å². The first-order chi connectivity index (χ1) is 26.7. The Hall–Kier alpha value is -2.82. The highest BCUT2D eigenvalue weighted by molar-refractivity contribution is 7.89. The Labute approximate surface area is 335 Å². The van der Waals surface area contributed by atoms with Crippen LogP contribution in [-0.4, -0.2) is 132 Å². The fourth-order valence-electron chi connectivity index (χ4n) is 9.71. The molecule has 1 aliphatic carbocycles. The standard InChI is InChI=1S/C41H56ClFN4O8S/c1-27(28(2)56(44,50)51)6-11-37(43)41(52-3,25-45-14-15-46-16-18-53-23-33(46)22-45)38-31(12-17-54-38)21-47-24-40(13-4-5-29-19-32(42)8-9-34(29)40)26-55-36-10-7-30(39(48)49)20-35(36)47/h7-11,19-20,27-28,31,33,38H,4-6,12-18,21-26H2,1-3H3,(H,48,49)(H2,44,50,51)/b37-11-/t27-,28+,31-,33-,38+,40-,41?/m0/s1. The van der Waals surface area contributed by atoms with Crippen LogP contribution in [0.5, 0.6) is 5.75 Å². The Kier molecular flexibility index (Phi) is 12.4. The van der Waals surface area contributed by atoms with Gasteiger partial charge in [-0.25, -0.2) is 22.7 Å². The lowest BCUT2D eigenvalue weighted by molar-refractivity contribution is -0.132. The number of hydrogen-bond acceptors (Lipinski definition) is 10. The van der Waals surface area contributed by atoms with E-state index in [0.717, 1.165) is 32.4 Å². The average molecular weight is 819 g/mol. The van der Waals surface area contributed by atoms with E-state index in [1.165, 1.54) is 24.3 Å². The molecule has 0 radical (unpaired) electrons. The molecule has 4 aliphatic heterocycles. The van der Waals surface area contributed by atoms with E-state index in [1.807, 2.05) is 12.1 Å². The first kappa shape index (κ1) is 41.3. The zero-order valence-electron chi connectivity index (χ0n) is 32.6. The summed E-state index contributed by atoms with van der Waals surface area (Å²) in [6.07, 6.45) is 4.22. The van der Waals surface area contributed by atoms with Gasteiger partial charge in [-0.05, 0) is 92.5 Å². The number of methoxy groups -OCH3 is 1. The SMILES string of the molecule is COC(CN1CCN2CCOC[C@@H]2C1)(/C(F)=C/C[C@H](C)[C@@H](C)S(N)(=O)=O)[C@@H]1OCC[C@H]1CN1C[C@@]2(CCCc3cc(Cl)ccc32)COc2ccc(C(=O)O)cc21. The summed E-state index contributed by atoms with van der Waals surface area (Å²) in [6, 6.07) is 11.2. The molecule has 7 atom stereocenters. The second kappa shape index (κ2) is 16.8. The van der Waals surface area contributed by atoms with Crippen LogP contribution in [0.4, 0.5) is 10.1 Å². The lowest BCUT2D eigenvalue weighted by Crippen LogP contribution is -2.63. The maximum absolute atomic E-state index is 17.4. The lowest BCUT2D eigenvalue weighted by Gasteiger charge is -2.48. The maximum atomic E-state index is 17.4. The molecular weight excluding hydrogens is 763 g/mol. The van der Waals surface area contributed by atoms with Crippen LogP contribution in [0.1, 0.15) is 61.0 Å². The number of fused-ring (bicyclic) bond motifs is 4. The maximum Gasteiger partial charge on any atom is 0.335 e. The van der Waals surface area contributed by atoms with E-state index in [-0.39, 0.29) is 30.5 Å². The third-order valence-corrected chi connectivity index (χ3v) is 14.9. The summed E-state index contributed by atoms with van der Waals surface area (Å²) in [7, 11) is -2.30. The number of primary sulfonamides is 1. The molecule has 0 aromatic heterocycles. The molecule has 4 heterocycles. The zero-order chi connectivity index (χ0) is 39.8. The number of nitrogens with zero attached hydrogens (tertiary/aromatic N) is 3. The van der Waals surface area contributed by atoms with Crippen molar-refractivity contribution < 1.29 is 41.7 Å². The minimum absolute atomic E-state index is 0.136. The van der Waals surface area contributed by atoms with Crippen LogP contribution in [-0.2, 0) is 36.1 Å². The van der Waals surface area contributed by atoms with Crippen molar-refractivity contribution in [3.05, 3.63) is 70.0 Å². The zero-order valence-corrected chi connectivity index (χ0v) is 34.2. The van der Waals surface area contributed by atoms with Gasteiger partial charge in [0.1, 0.15) is 11.6 Å². The number of halogens is 2. The smallest absolute Gasteiger partial charge is 0.335 e. The van der Waals surface area contributed by atoms with Crippen LogP contribution < -0.4 is 14.8 Å². The number of anilines is 1. The molecule has 7 rings (SSSR count). The summed E-state index contributed by atoms with van der Waals surface area (Å²) in [5.74, 6) is -1.63. The number of morpholine rings is 1. The number of nitrogens with two attached hydrogens (primary N) is 1. The fourth-order valence-corrected chi connectivity index (χ4v) is 10.7. The number of rotatable bonds is 12. The molecule has 1 spiro atoms. The number of hydrogen-bond donors (Lipinski definition) is 2. The van der Waals surface area contributed by atoms with Crippen molar-refractivity contribution in [1.82, 2.24) is 9.80 Å². The van der Waals surface area contributed by atoms with E-state index in [9.17, 15) is 18.3 Å². The Morgan fingerprint density at radius 3 is 2.79 bits per heavy atom. The molecule has 2 aromatic carbocycles. The lowest BCUT2D eigenvalue weighted by atomic mass is 9.70. The van der Waals surface area contributed by atoms with Crippen molar-refractivity contribution in [2.24, 2.45) is 17.0 Å². The monoisotopic (exact) mass is 818 g/mol. The van der Waals surface area contributed by atoms with Gasteiger partial charge in [0, 0.05) is 81.9 Å². The highest BCUT2D eigenvalue weighted by Crippen LogP contribution is 2.47. The van der Waals surface area contributed by atoms with Crippen LogP contribution in [0.2, 0.25) is 5.02 Å². The van der Waals surface area contributed by atoms with Crippen molar-refractivity contribution in [3.63, 3.8) is 0 Å². The normalized spacial score (nSPS) is 28.4. The third kappa shape index (κ3) is 8.36. The Balaban J connectivity index is 1.25. The third-order valence-electron chi connectivity index (χ3n) is 13.2. The van der Waals surface area contributed by atoms with E-state index < -0.39 is 50.1 Å².